The molecular weight excluding hydrogens is 243 g/mol. The van der Waals surface area contributed by atoms with Gasteiger partial charge >= 0.3 is 0 Å². The van der Waals surface area contributed by atoms with Crippen LogP contribution in [0.5, 0.6) is 0 Å². The molecule has 0 aliphatic rings. The van der Waals surface area contributed by atoms with Gasteiger partial charge in [-0.15, -0.1) is 11.6 Å². The van der Waals surface area contributed by atoms with E-state index in [9.17, 15) is 0 Å². The van der Waals surface area contributed by atoms with Gasteiger partial charge in [-0.2, -0.15) is 5.10 Å². The van der Waals surface area contributed by atoms with Crippen LogP contribution in [0.25, 0.3) is 5.69 Å². The van der Waals surface area contributed by atoms with E-state index in [0.29, 0.717) is 11.0 Å². The van der Waals surface area contributed by atoms with Crippen molar-refractivity contribution in [2.45, 2.75) is 19.2 Å². The van der Waals surface area contributed by atoms with Crippen LogP contribution in [0.2, 0.25) is 5.15 Å². The summed E-state index contributed by atoms with van der Waals surface area (Å²) in [5, 5.41) is 5.08. The van der Waals surface area contributed by atoms with E-state index < -0.39 is 0 Å². The number of hydrogen-bond donors (Lipinski definition) is 0. The topological polar surface area (TPSA) is 17.8 Å². The fourth-order valence-corrected chi connectivity index (χ4v) is 2.29. The Balaban J connectivity index is 2.54. The fraction of sp³-hybridized carbons (Fsp3) is 0.250. The van der Waals surface area contributed by atoms with Gasteiger partial charge in [0.05, 0.1) is 17.3 Å². The zero-order valence-electron chi connectivity index (χ0n) is 8.95. The van der Waals surface area contributed by atoms with Crippen molar-refractivity contribution in [1.82, 2.24) is 9.78 Å². The molecule has 0 unspecified atom stereocenters. The van der Waals surface area contributed by atoms with Gasteiger partial charge in [-0.1, -0.05) is 36.7 Å². The molecule has 0 atom stereocenters. The van der Waals surface area contributed by atoms with E-state index in [4.69, 9.17) is 23.2 Å². The fourth-order valence-electron chi connectivity index (χ4n) is 1.63. The second kappa shape index (κ2) is 4.89. The van der Waals surface area contributed by atoms with Gasteiger partial charge in [-0.25, -0.2) is 4.68 Å². The monoisotopic (exact) mass is 254 g/mol. The summed E-state index contributed by atoms with van der Waals surface area (Å²) in [7, 11) is 0. The highest BCUT2D eigenvalue weighted by atomic mass is 35.5. The van der Waals surface area contributed by atoms with Crippen LogP contribution in [0.4, 0.5) is 0 Å². The summed E-state index contributed by atoms with van der Waals surface area (Å²) in [6.45, 7) is 2.05. The number of para-hydroxylation sites is 1. The first kappa shape index (κ1) is 11.5. The van der Waals surface area contributed by atoms with Crippen LogP contribution in [0.3, 0.4) is 0 Å². The van der Waals surface area contributed by atoms with E-state index in [1.165, 1.54) is 0 Å². The summed E-state index contributed by atoms with van der Waals surface area (Å²) < 4.78 is 1.73. The molecule has 0 N–H and O–H groups in total. The predicted octanol–water partition coefficient (Wildman–Crippen LogP) is 3.83. The molecule has 0 radical (unpaired) electrons. The smallest absolute Gasteiger partial charge is 0.137 e. The van der Waals surface area contributed by atoms with E-state index in [2.05, 4.69) is 5.10 Å². The van der Waals surface area contributed by atoms with Crippen molar-refractivity contribution >= 4 is 23.2 Å². The second-order valence-electron chi connectivity index (χ2n) is 3.45. The van der Waals surface area contributed by atoms with Gasteiger partial charge in [0.25, 0.3) is 0 Å². The minimum atomic E-state index is 0.398. The third-order valence-corrected chi connectivity index (χ3v) is 3.13. The minimum Gasteiger partial charge on any atom is -0.222 e. The Bertz CT molecular complexity index is 477. The molecule has 4 heteroatoms. The third kappa shape index (κ3) is 1.95. The number of hydrogen-bond acceptors (Lipinski definition) is 1. The molecule has 0 fully saturated rings. The first-order valence-corrected chi connectivity index (χ1v) is 6.06. The summed E-state index contributed by atoms with van der Waals surface area (Å²) in [5.41, 5.74) is 2.84. The largest absolute Gasteiger partial charge is 0.222 e. The second-order valence-corrected chi connectivity index (χ2v) is 4.08. The molecule has 0 aliphatic carbocycles. The molecule has 84 valence electrons. The normalized spacial score (nSPS) is 10.7. The molecule has 0 saturated heterocycles. The summed E-state index contributed by atoms with van der Waals surface area (Å²) in [6, 6.07) is 9.81. The van der Waals surface area contributed by atoms with Gasteiger partial charge < -0.3 is 0 Å². The van der Waals surface area contributed by atoms with Crippen molar-refractivity contribution < 1.29 is 0 Å². The molecule has 0 saturated carbocycles. The van der Waals surface area contributed by atoms with Gasteiger partial charge in [0.2, 0.25) is 0 Å². The molecule has 1 aromatic carbocycles. The van der Waals surface area contributed by atoms with Crippen LogP contribution < -0.4 is 0 Å². The highest BCUT2D eigenvalue weighted by molar-refractivity contribution is 6.31. The lowest BCUT2D eigenvalue weighted by Gasteiger charge is -2.01. The average molecular weight is 255 g/mol. The molecule has 2 rings (SSSR count). The van der Waals surface area contributed by atoms with Crippen molar-refractivity contribution in [2.75, 3.05) is 0 Å². The Labute approximate surface area is 105 Å². The first-order chi connectivity index (χ1) is 7.77. The summed E-state index contributed by atoms with van der Waals surface area (Å²) in [5.74, 6) is 0.398. The summed E-state index contributed by atoms with van der Waals surface area (Å²) in [4.78, 5) is 0. The van der Waals surface area contributed by atoms with E-state index in [-0.39, 0.29) is 0 Å². The number of benzene rings is 1. The quantitative estimate of drug-likeness (QED) is 0.762. The molecule has 16 heavy (non-hydrogen) atoms. The molecule has 0 amide bonds. The maximum Gasteiger partial charge on any atom is 0.137 e. The van der Waals surface area contributed by atoms with Crippen molar-refractivity contribution in [2.24, 2.45) is 0 Å². The molecular formula is C12H12Cl2N2. The lowest BCUT2D eigenvalue weighted by atomic mass is 10.2. The maximum absolute atomic E-state index is 6.26. The Morgan fingerprint density at radius 3 is 2.44 bits per heavy atom. The number of aryl methyl sites for hydroxylation is 1. The first-order valence-electron chi connectivity index (χ1n) is 5.15. The number of alkyl halides is 1. The van der Waals surface area contributed by atoms with E-state index >= 15 is 0 Å². The van der Waals surface area contributed by atoms with Crippen LogP contribution in [0, 0.1) is 0 Å². The highest BCUT2D eigenvalue weighted by Gasteiger charge is 2.14. The molecule has 2 aromatic rings. The maximum atomic E-state index is 6.26. The van der Waals surface area contributed by atoms with Crippen molar-refractivity contribution in [3.8, 4) is 5.69 Å². The molecule has 0 spiro atoms. The lowest BCUT2D eigenvalue weighted by molar-refractivity contribution is 0.841. The van der Waals surface area contributed by atoms with Crippen LogP contribution in [0.1, 0.15) is 18.2 Å². The van der Waals surface area contributed by atoms with E-state index in [1.807, 2.05) is 37.3 Å². The SMILES string of the molecule is CCc1nn(-c2ccccc2)c(Cl)c1CCl. The van der Waals surface area contributed by atoms with Crippen LogP contribution in [0.15, 0.2) is 30.3 Å². The Kier molecular flexibility index (Phi) is 3.52. The zero-order valence-corrected chi connectivity index (χ0v) is 10.5. The molecule has 2 nitrogen and oxygen atoms in total. The summed E-state index contributed by atoms with van der Waals surface area (Å²) in [6.07, 6.45) is 0.835. The number of rotatable bonds is 3. The Hall–Kier alpha value is -0.990. The summed E-state index contributed by atoms with van der Waals surface area (Å²) >= 11 is 12.1. The van der Waals surface area contributed by atoms with Gasteiger partial charge in [-0.3, -0.25) is 0 Å². The van der Waals surface area contributed by atoms with Crippen molar-refractivity contribution in [3.05, 3.63) is 46.7 Å². The average Bonchev–Trinajstić information content (AvgIpc) is 2.66. The standard InChI is InChI=1S/C12H12Cl2N2/c1-2-11-10(8-13)12(14)16(15-11)9-6-4-3-5-7-9/h3-7H,2,8H2,1H3. The number of aromatic nitrogens is 2. The lowest BCUT2D eigenvalue weighted by Crippen LogP contribution is -1.96. The molecule has 0 bridgehead atoms. The van der Waals surface area contributed by atoms with Crippen LogP contribution in [-0.2, 0) is 12.3 Å². The van der Waals surface area contributed by atoms with Crippen molar-refractivity contribution in [3.63, 3.8) is 0 Å². The third-order valence-electron chi connectivity index (χ3n) is 2.47. The van der Waals surface area contributed by atoms with Crippen LogP contribution in [-0.4, -0.2) is 9.78 Å². The van der Waals surface area contributed by atoms with Crippen molar-refractivity contribution in [1.29, 1.82) is 0 Å². The molecule has 0 aliphatic heterocycles. The predicted molar refractivity (Wildman–Crippen MR) is 67.5 cm³/mol. The number of halogens is 2. The Morgan fingerprint density at radius 1 is 1.25 bits per heavy atom. The van der Waals surface area contributed by atoms with Crippen LogP contribution >= 0.6 is 23.2 Å². The van der Waals surface area contributed by atoms with Gasteiger partial charge in [0.1, 0.15) is 5.15 Å². The van der Waals surface area contributed by atoms with Gasteiger partial charge in [0.15, 0.2) is 0 Å². The van der Waals surface area contributed by atoms with Gasteiger partial charge in [-0.05, 0) is 18.6 Å². The minimum absolute atomic E-state index is 0.398. The highest BCUT2D eigenvalue weighted by Crippen LogP contribution is 2.25. The molecule has 1 heterocycles. The zero-order chi connectivity index (χ0) is 11.5. The van der Waals surface area contributed by atoms with Gasteiger partial charge in [0, 0.05) is 5.56 Å². The Morgan fingerprint density at radius 2 is 1.94 bits per heavy atom. The molecule has 1 aromatic heterocycles. The van der Waals surface area contributed by atoms with E-state index in [0.717, 1.165) is 23.4 Å². The van der Waals surface area contributed by atoms with E-state index in [1.54, 1.807) is 4.68 Å². The number of nitrogens with zero attached hydrogens (tertiary/aromatic N) is 2.